The summed E-state index contributed by atoms with van der Waals surface area (Å²) in [5, 5.41) is 0. The molecule has 0 spiro atoms. The molecule has 0 saturated carbocycles. The average Bonchev–Trinajstić information content (AvgIpc) is 2.18. The van der Waals surface area contributed by atoms with Crippen molar-refractivity contribution in [3.05, 3.63) is 23.9 Å². The van der Waals surface area contributed by atoms with Gasteiger partial charge in [0.1, 0.15) is 12.0 Å². The van der Waals surface area contributed by atoms with E-state index in [0.717, 1.165) is 0 Å². The van der Waals surface area contributed by atoms with E-state index in [1.165, 1.54) is 0 Å². The highest BCUT2D eigenvalue weighted by molar-refractivity contribution is 5.46. The van der Waals surface area contributed by atoms with E-state index >= 15 is 0 Å². The van der Waals surface area contributed by atoms with Gasteiger partial charge in [0.25, 0.3) is 0 Å². The Kier molecular flexibility index (Phi) is 3.83. The van der Waals surface area contributed by atoms with Crippen molar-refractivity contribution in [2.24, 2.45) is 5.73 Å². The summed E-state index contributed by atoms with van der Waals surface area (Å²) >= 11 is 0. The Hall–Kier alpha value is -1.16. The topological polar surface area (TPSA) is 42.2 Å². The second-order valence-electron chi connectivity index (χ2n) is 3.36. The molecule has 0 bridgehead atoms. The number of hydrogen-bond acceptors (Lipinski definition) is 3. The molecule has 1 aromatic rings. The lowest BCUT2D eigenvalue weighted by atomic mass is 10.1. The number of halogens is 1. The van der Waals surface area contributed by atoms with Crippen LogP contribution in [0.3, 0.4) is 0 Å². The fourth-order valence-electron chi connectivity index (χ4n) is 1.33. The zero-order valence-corrected chi connectivity index (χ0v) is 8.57. The average molecular weight is 197 g/mol. The summed E-state index contributed by atoms with van der Waals surface area (Å²) in [5.41, 5.74) is 5.93. The third-order valence-corrected chi connectivity index (χ3v) is 2.00. The SMILES string of the molecule is CN(C)c1ncccc1C(F)CCN. The first-order chi connectivity index (χ1) is 6.66. The highest BCUT2D eigenvalue weighted by atomic mass is 19.1. The summed E-state index contributed by atoms with van der Waals surface area (Å²) in [4.78, 5) is 5.93. The summed E-state index contributed by atoms with van der Waals surface area (Å²) in [5.74, 6) is 0.674. The van der Waals surface area contributed by atoms with E-state index in [0.29, 0.717) is 24.3 Å². The molecule has 0 aliphatic heterocycles. The molecule has 2 N–H and O–H groups in total. The molecule has 1 atom stereocenters. The Morgan fingerprint density at radius 1 is 1.57 bits per heavy atom. The van der Waals surface area contributed by atoms with E-state index in [2.05, 4.69) is 4.98 Å². The highest BCUT2D eigenvalue weighted by Gasteiger charge is 2.14. The molecular weight excluding hydrogens is 181 g/mol. The van der Waals surface area contributed by atoms with Crippen LogP contribution in [0.4, 0.5) is 10.2 Å². The summed E-state index contributed by atoms with van der Waals surface area (Å²) in [6.07, 6.45) is 0.978. The standard InChI is InChI=1S/C10H16FN3/c1-14(2)10-8(4-3-7-13-10)9(11)5-6-12/h3-4,7,9H,5-6,12H2,1-2H3. The minimum Gasteiger partial charge on any atom is -0.362 e. The second-order valence-corrected chi connectivity index (χ2v) is 3.36. The summed E-state index contributed by atoms with van der Waals surface area (Å²) in [6, 6.07) is 3.49. The van der Waals surface area contributed by atoms with Gasteiger partial charge in [0, 0.05) is 25.9 Å². The first-order valence-corrected chi connectivity index (χ1v) is 4.63. The van der Waals surface area contributed by atoms with Gasteiger partial charge in [-0.25, -0.2) is 9.37 Å². The molecular formula is C10H16FN3. The van der Waals surface area contributed by atoms with Crippen LogP contribution in [0.15, 0.2) is 18.3 Å². The molecule has 0 aliphatic carbocycles. The van der Waals surface area contributed by atoms with Crippen LogP contribution in [0.1, 0.15) is 18.2 Å². The molecule has 3 nitrogen and oxygen atoms in total. The lowest BCUT2D eigenvalue weighted by Gasteiger charge is -2.17. The van der Waals surface area contributed by atoms with Gasteiger partial charge in [-0.1, -0.05) is 6.07 Å². The quantitative estimate of drug-likeness (QED) is 0.795. The van der Waals surface area contributed by atoms with Crippen molar-refractivity contribution >= 4 is 5.82 Å². The van der Waals surface area contributed by atoms with Crippen molar-refractivity contribution in [1.29, 1.82) is 0 Å². The predicted octanol–water partition coefficient (Wildman–Crippen LogP) is 1.51. The molecule has 1 heterocycles. The molecule has 0 fully saturated rings. The van der Waals surface area contributed by atoms with Gasteiger partial charge in [-0.3, -0.25) is 0 Å². The van der Waals surface area contributed by atoms with Gasteiger partial charge < -0.3 is 10.6 Å². The summed E-state index contributed by atoms with van der Waals surface area (Å²) in [7, 11) is 3.70. The molecule has 0 saturated heterocycles. The third kappa shape index (κ3) is 2.42. The summed E-state index contributed by atoms with van der Waals surface area (Å²) < 4.78 is 13.6. The summed E-state index contributed by atoms with van der Waals surface area (Å²) in [6.45, 7) is 0.350. The highest BCUT2D eigenvalue weighted by Crippen LogP contribution is 2.27. The molecule has 78 valence electrons. The molecule has 0 aliphatic rings. The predicted molar refractivity (Wildman–Crippen MR) is 56.1 cm³/mol. The normalized spacial score (nSPS) is 12.6. The number of pyridine rings is 1. The molecule has 1 rings (SSSR count). The van der Waals surface area contributed by atoms with Crippen molar-refractivity contribution in [1.82, 2.24) is 4.98 Å². The van der Waals surface area contributed by atoms with E-state index in [4.69, 9.17) is 5.73 Å². The Bertz CT molecular complexity index is 288. The molecule has 0 radical (unpaired) electrons. The van der Waals surface area contributed by atoms with Crippen LogP contribution in [0.5, 0.6) is 0 Å². The van der Waals surface area contributed by atoms with Crippen LogP contribution in [-0.2, 0) is 0 Å². The maximum absolute atomic E-state index is 13.6. The molecule has 1 aromatic heterocycles. The van der Waals surface area contributed by atoms with Crippen molar-refractivity contribution in [3.63, 3.8) is 0 Å². The van der Waals surface area contributed by atoms with Gasteiger partial charge in [-0.2, -0.15) is 0 Å². The van der Waals surface area contributed by atoms with Crippen molar-refractivity contribution in [2.75, 3.05) is 25.5 Å². The number of nitrogens with two attached hydrogens (primary N) is 1. The van der Waals surface area contributed by atoms with E-state index in [1.807, 2.05) is 14.1 Å². The number of hydrogen-bond donors (Lipinski definition) is 1. The Morgan fingerprint density at radius 3 is 2.86 bits per heavy atom. The van der Waals surface area contributed by atoms with Gasteiger partial charge in [0.05, 0.1) is 0 Å². The Labute approximate surface area is 83.7 Å². The Morgan fingerprint density at radius 2 is 2.29 bits per heavy atom. The largest absolute Gasteiger partial charge is 0.362 e. The van der Waals surface area contributed by atoms with Gasteiger partial charge in [0.2, 0.25) is 0 Å². The molecule has 14 heavy (non-hydrogen) atoms. The monoisotopic (exact) mass is 197 g/mol. The first-order valence-electron chi connectivity index (χ1n) is 4.63. The van der Waals surface area contributed by atoms with E-state index < -0.39 is 6.17 Å². The zero-order valence-electron chi connectivity index (χ0n) is 8.57. The Balaban J connectivity index is 2.94. The van der Waals surface area contributed by atoms with Crippen LogP contribution < -0.4 is 10.6 Å². The van der Waals surface area contributed by atoms with E-state index in [9.17, 15) is 4.39 Å². The fourth-order valence-corrected chi connectivity index (χ4v) is 1.33. The van der Waals surface area contributed by atoms with Gasteiger partial charge in [-0.05, 0) is 19.0 Å². The minimum absolute atomic E-state index is 0.340. The van der Waals surface area contributed by atoms with Crippen LogP contribution in [0.25, 0.3) is 0 Å². The van der Waals surface area contributed by atoms with E-state index in [-0.39, 0.29) is 0 Å². The van der Waals surface area contributed by atoms with Crippen molar-refractivity contribution in [3.8, 4) is 0 Å². The second kappa shape index (κ2) is 4.91. The molecule has 1 unspecified atom stereocenters. The van der Waals surface area contributed by atoms with Crippen molar-refractivity contribution < 1.29 is 4.39 Å². The number of rotatable bonds is 4. The zero-order chi connectivity index (χ0) is 10.6. The molecule has 0 amide bonds. The maximum atomic E-state index is 13.6. The third-order valence-electron chi connectivity index (χ3n) is 2.00. The number of alkyl halides is 1. The van der Waals surface area contributed by atoms with Crippen LogP contribution >= 0.6 is 0 Å². The molecule has 0 aromatic carbocycles. The number of anilines is 1. The number of nitrogens with zero attached hydrogens (tertiary/aromatic N) is 2. The lowest BCUT2D eigenvalue weighted by Crippen LogP contribution is -2.15. The minimum atomic E-state index is -1.02. The number of aromatic nitrogens is 1. The fraction of sp³-hybridized carbons (Fsp3) is 0.500. The molecule has 4 heteroatoms. The van der Waals surface area contributed by atoms with Gasteiger partial charge in [-0.15, -0.1) is 0 Å². The van der Waals surface area contributed by atoms with Gasteiger partial charge in [0.15, 0.2) is 0 Å². The van der Waals surface area contributed by atoms with Crippen LogP contribution in [0, 0.1) is 0 Å². The van der Waals surface area contributed by atoms with Crippen LogP contribution in [0.2, 0.25) is 0 Å². The first kappa shape index (κ1) is 10.9. The van der Waals surface area contributed by atoms with Gasteiger partial charge >= 0.3 is 0 Å². The van der Waals surface area contributed by atoms with Crippen LogP contribution in [-0.4, -0.2) is 25.6 Å². The maximum Gasteiger partial charge on any atom is 0.134 e. The lowest BCUT2D eigenvalue weighted by molar-refractivity contribution is 0.327. The van der Waals surface area contributed by atoms with Crippen molar-refractivity contribution in [2.45, 2.75) is 12.6 Å². The smallest absolute Gasteiger partial charge is 0.134 e. The van der Waals surface area contributed by atoms with E-state index in [1.54, 1.807) is 23.2 Å².